The first-order chi connectivity index (χ1) is 10.1. The summed E-state index contributed by atoms with van der Waals surface area (Å²) in [6.45, 7) is 0.844. The van der Waals surface area contributed by atoms with E-state index in [-0.39, 0.29) is 6.61 Å². The Morgan fingerprint density at radius 1 is 1.14 bits per heavy atom. The monoisotopic (exact) mass is 413 g/mol. The normalized spacial score (nSPS) is 10.5. The smallest absolute Gasteiger partial charge is 0.138 e. The molecule has 0 amide bonds. The zero-order chi connectivity index (χ0) is 15.2. The maximum atomic E-state index is 8.91. The molecule has 0 aromatic heterocycles. The lowest BCUT2D eigenvalue weighted by atomic mass is 10.1. The molecule has 2 N–H and O–H groups in total. The molecule has 0 spiro atoms. The molecule has 5 heteroatoms. The average molecular weight is 415 g/mol. The van der Waals surface area contributed by atoms with Crippen molar-refractivity contribution in [1.29, 1.82) is 0 Å². The number of ether oxygens (including phenoxy) is 1. The number of halogens is 2. The van der Waals surface area contributed by atoms with E-state index >= 15 is 0 Å². The van der Waals surface area contributed by atoms with Crippen LogP contribution in [0.1, 0.15) is 11.1 Å². The summed E-state index contributed by atoms with van der Waals surface area (Å²) >= 11 is 7.00. The van der Waals surface area contributed by atoms with Crippen LogP contribution in [0.2, 0.25) is 0 Å². The van der Waals surface area contributed by atoms with Gasteiger partial charge in [0.2, 0.25) is 0 Å². The van der Waals surface area contributed by atoms with Gasteiger partial charge in [0.05, 0.1) is 11.6 Å². The Labute approximate surface area is 141 Å². The van der Waals surface area contributed by atoms with Crippen LogP contribution in [0.4, 0.5) is 5.69 Å². The zero-order valence-electron chi connectivity index (χ0n) is 11.7. The van der Waals surface area contributed by atoms with Gasteiger partial charge in [-0.2, -0.15) is 0 Å². The van der Waals surface area contributed by atoms with Gasteiger partial charge in [-0.15, -0.1) is 0 Å². The van der Waals surface area contributed by atoms with Crippen molar-refractivity contribution in [3.05, 3.63) is 56.5 Å². The number of aliphatic hydroxyl groups excluding tert-OH is 1. The van der Waals surface area contributed by atoms with Crippen molar-refractivity contribution < 1.29 is 9.84 Å². The third kappa shape index (κ3) is 4.46. The summed E-state index contributed by atoms with van der Waals surface area (Å²) in [6, 6.07) is 12.1. The summed E-state index contributed by atoms with van der Waals surface area (Å²) in [4.78, 5) is 0. The van der Waals surface area contributed by atoms with E-state index in [9.17, 15) is 0 Å². The third-order valence-corrected chi connectivity index (χ3v) is 4.17. The fourth-order valence-corrected chi connectivity index (χ4v) is 3.56. The van der Waals surface area contributed by atoms with Crippen molar-refractivity contribution in [3.8, 4) is 5.75 Å². The summed E-state index contributed by atoms with van der Waals surface area (Å²) in [5, 5.41) is 12.3. The number of benzene rings is 2. The van der Waals surface area contributed by atoms with Gasteiger partial charge >= 0.3 is 0 Å². The lowest BCUT2D eigenvalue weighted by molar-refractivity contribution is 0.299. The first kappa shape index (κ1) is 16.3. The highest BCUT2D eigenvalue weighted by atomic mass is 79.9. The summed E-state index contributed by atoms with van der Waals surface area (Å²) < 4.78 is 7.37. The number of hydrogen-bond donors (Lipinski definition) is 2. The molecule has 0 atom stereocenters. The van der Waals surface area contributed by atoms with E-state index in [0.29, 0.717) is 13.0 Å². The Kier molecular flexibility index (Phi) is 6.08. The first-order valence-corrected chi connectivity index (χ1v) is 8.18. The minimum Gasteiger partial charge on any atom is -0.495 e. The minimum atomic E-state index is 0.177. The van der Waals surface area contributed by atoms with E-state index in [2.05, 4.69) is 37.2 Å². The molecule has 2 aromatic rings. The Bertz CT molecular complexity index is 600. The molecule has 0 aliphatic carbocycles. The quantitative estimate of drug-likeness (QED) is 0.737. The Morgan fingerprint density at radius 3 is 2.48 bits per heavy atom. The summed E-state index contributed by atoms with van der Waals surface area (Å²) in [7, 11) is 1.67. The van der Waals surface area contributed by atoms with Gasteiger partial charge in [0.25, 0.3) is 0 Å². The Balaban J connectivity index is 2.09. The highest BCUT2D eigenvalue weighted by Crippen LogP contribution is 2.33. The second-order valence-corrected chi connectivity index (χ2v) is 6.37. The number of anilines is 1. The van der Waals surface area contributed by atoms with Gasteiger partial charge in [-0.25, -0.2) is 0 Å². The minimum absolute atomic E-state index is 0.177. The van der Waals surface area contributed by atoms with Crippen LogP contribution in [-0.4, -0.2) is 18.8 Å². The molecule has 0 fully saturated rings. The van der Waals surface area contributed by atoms with E-state index in [4.69, 9.17) is 9.84 Å². The molecular weight excluding hydrogens is 398 g/mol. The van der Waals surface area contributed by atoms with Crippen LogP contribution in [0, 0.1) is 0 Å². The van der Waals surface area contributed by atoms with Crippen molar-refractivity contribution in [1.82, 2.24) is 0 Å². The number of rotatable bonds is 6. The van der Waals surface area contributed by atoms with Crippen LogP contribution in [-0.2, 0) is 13.0 Å². The molecule has 2 rings (SSSR count). The highest BCUT2D eigenvalue weighted by Gasteiger charge is 2.09. The van der Waals surface area contributed by atoms with Gasteiger partial charge in [0, 0.05) is 28.9 Å². The van der Waals surface area contributed by atoms with E-state index in [1.165, 1.54) is 0 Å². The number of nitrogens with one attached hydrogen (secondary N) is 1. The molecule has 112 valence electrons. The van der Waals surface area contributed by atoms with Crippen molar-refractivity contribution in [2.24, 2.45) is 0 Å². The van der Waals surface area contributed by atoms with E-state index in [1.807, 2.05) is 36.4 Å². The van der Waals surface area contributed by atoms with Gasteiger partial charge in [0.1, 0.15) is 5.75 Å². The van der Waals surface area contributed by atoms with Crippen LogP contribution < -0.4 is 10.1 Å². The fraction of sp³-hybridized carbons (Fsp3) is 0.250. The van der Waals surface area contributed by atoms with Gasteiger partial charge < -0.3 is 15.2 Å². The highest BCUT2D eigenvalue weighted by molar-refractivity contribution is 9.11. The third-order valence-electron chi connectivity index (χ3n) is 3.13. The van der Waals surface area contributed by atoms with Gasteiger partial charge in [-0.3, -0.25) is 0 Å². The van der Waals surface area contributed by atoms with Crippen LogP contribution in [0.5, 0.6) is 5.75 Å². The summed E-state index contributed by atoms with van der Waals surface area (Å²) in [5.74, 6) is 0.836. The van der Waals surface area contributed by atoms with E-state index < -0.39 is 0 Å². The number of hydrogen-bond acceptors (Lipinski definition) is 3. The van der Waals surface area contributed by atoms with Crippen LogP contribution >= 0.6 is 31.9 Å². The van der Waals surface area contributed by atoms with Gasteiger partial charge in [-0.05, 0) is 52.2 Å². The standard InChI is InChI=1S/C16H17Br2NO2/c1-21-16-12(8-13(17)9-15(16)18)10-19-14-4-2-11(3-5-14)6-7-20/h2-5,8-9,19-20H,6-7,10H2,1H3. The molecule has 3 nitrogen and oxygen atoms in total. The SMILES string of the molecule is COc1c(Br)cc(Br)cc1CNc1ccc(CCO)cc1. The maximum absolute atomic E-state index is 8.91. The predicted octanol–water partition coefficient (Wildman–Crippen LogP) is 4.37. The molecule has 0 heterocycles. The van der Waals surface area contributed by atoms with Gasteiger partial charge in [0.15, 0.2) is 0 Å². The average Bonchev–Trinajstić information content (AvgIpc) is 2.46. The second kappa shape index (κ2) is 7.82. The van der Waals surface area contributed by atoms with E-state index in [0.717, 1.165) is 31.5 Å². The van der Waals surface area contributed by atoms with Crippen LogP contribution in [0.3, 0.4) is 0 Å². The lowest BCUT2D eigenvalue weighted by Gasteiger charge is -2.13. The molecule has 0 unspecified atom stereocenters. The molecule has 0 aliphatic rings. The zero-order valence-corrected chi connectivity index (χ0v) is 14.9. The molecule has 0 saturated carbocycles. The summed E-state index contributed by atoms with van der Waals surface area (Å²) in [5.41, 5.74) is 3.24. The van der Waals surface area contributed by atoms with Crippen molar-refractivity contribution in [2.75, 3.05) is 19.0 Å². The van der Waals surface area contributed by atoms with Crippen LogP contribution in [0.15, 0.2) is 45.3 Å². The molecular formula is C16H17Br2NO2. The number of aliphatic hydroxyl groups is 1. The maximum Gasteiger partial charge on any atom is 0.138 e. The molecule has 0 saturated heterocycles. The molecule has 2 aromatic carbocycles. The fourth-order valence-electron chi connectivity index (χ4n) is 2.09. The van der Waals surface area contributed by atoms with E-state index in [1.54, 1.807) is 7.11 Å². The molecule has 0 bridgehead atoms. The largest absolute Gasteiger partial charge is 0.495 e. The topological polar surface area (TPSA) is 41.5 Å². The summed E-state index contributed by atoms with van der Waals surface area (Å²) in [6.07, 6.45) is 0.687. The van der Waals surface area contributed by atoms with Crippen molar-refractivity contribution in [2.45, 2.75) is 13.0 Å². The first-order valence-electron chi connectivity index (χ1n) is 6.59. The van der Waals surface area contributed by atoms with Gasteiger partial charge in [-0.1, -0.05) is 28.1 Å². The molecule has 0 aliphatic heterocycles. The molecule has 0 radical (unpaired) electrons. The molecule has 21 heavy (non-hydrogen) atoms. The van der Waals surface area contributed by atoms with Crippen LogP contribution in [0.25, 0.3) is 0 Å². The second-order valence-electron chi connectivity index (χ2n) is 4.60. The van der Waals surface area contributed by atoms with Crippen molar-refractivity contribution >= 4 is 37.5 Å². The van der Waals surface area contributed by atoms with Crippen molar-refractivity contribution in [3.63, 3.8) is 0 Å². The Morgan fingerprint density at radius 2 is 1.86 bits per heavy atom. The lowest BCUT2D eigenvalue weighted by Crippen LogP contribution is -2.02. The Hall–Kier alpha value is -1.04. The number of methoxy groups -OCH3 is 1. The predicted molar refractivity (Wildman–Crippen MR) is 93.0 cm³/mol.